The van der Waals surface area contributed by atoms with E-state index in [4.69, 9.17) is 0 Å². The van der Waals surface area contributed by atoms with Crippen LogP contribution >= 0.6 is 0 Å². The summed E-state index contributed by atoms with van der Waals surface area (Å²) in [5.41, 5.74) is 2.23. The van der Waals surface area contributed by atoms with Crippen LogP contribution in [0, 0.1) is 29.5 Å². The van der Waals surface area contributed by atoms with Crippen molar-refractivity contribution in [3.63, 3.8) is 0 Å². The predicted octanol–water partition coefficient (Wildman–Crippen LogP) is 4.05. The predicted molar refractivity (Wildman–Crippen MR) is 104 cm³/mol. The van der Waals surface area contributed by atoms with E-state index >= 15 is 0 Å². The SMILES string of the molecule is O=S(=O)(CC#Cc1ccc(C#Cc2ccc(F)cc2)cc1)c1ccccc1. The van der Waals surface area contributed by atoms with Gasteiger partial charge in [0.1, 0.15) is 11.6 Å². The quantitative estimate of drug-likeness (QED) is 0.634. The fourth-order valence-electron chi connectivity index (χ4n) is 2.26. The number of hydrogen-bond donors (Lipinski definition) is 0. The summed E-state index contributed by atoms with van der Waals surface area (Å²) in [5, 5.41) is 0. The Morgan fingerprint density at radius 3 is 1.70 bits per heavy atom. The molecule has 2 nitrogen and oxygen atoms in total. The molecule has 0 fully saturated rings. The second kappa shape index (κ2) is 8.36. The topological polar surface area (TPSA) is 34.1 Å². The van der Waals surface area contributed by atoms with Crippen LogP contribution in [0.3, 0.4) is 0 Å². The lowest BCUT2D eigenvalue weighted by atomic mass is 10.1. The van der Waals surface area contributed by atoms with E-state index in [9.17, 15) is 12.8 Å². The molecule has 3 aromatic carbocycles. The normalized spacial score (nSPS) is 10.3. The van der Waals surface area contributed by atoms with Gasteiger partial charge in [0, 0.05) is 16.7 Å². The second-order valence-corrected chi connectivity index (χ2v) is 7.70. The molecular weight excluding hydrogens is 359 g/mol. The Labute approximate surface area is 158 Å². The lowest BCUT2D eigenvalue weighted by Gasteiger charge is -1.98. The monoisotopic (exact) mass is 374 g/mol. The van der Waals surface area contributed by atoms with Crippen LogP contribution in [0.1, 0.15) is 16.7 Å². The van der Waals surface area contributed by atoms with Crippen LogP contribution in [-0.4, -0.2) is 14.2 Å². The lowest BCUT2D eigenvalue weighted by Crippen LogP contribution is -2.04. The summed E-state index contributed by atoms with van der Waals surface area (Å²) in [4.78, 5) is 0.269. The number of hydrogen-bond acceptors (Lipinski definition) is 2. The van der Waals surface area contributed by atoms with Crippen LogP contribution in [0.5, 0.6) is 0 Å². The maximum atomic E-state index is 12.9. The van der Waals surface area contributed by atoms with Crippen LogP contribution in [-0.2, 0) is 9.84 Å². The Kier molecular flexibility index (Phi) is 5.71. The summed E-state index contributed by atoms with van der Waals surface area (Å²) in [6.07, 6.45) is 0. The van der Waals surface area contributed by atoms with Crippen LogP contribution in [0.2, 0.25) is 0 Å². The Morgan fingerprint density at radius 2 is 1.15 bits per heavy atom. The van der Waals surface area contributed by atoms with Crippen molar-refractivity contribution < 1.29 is 12.8 Å². The highest BCUT2D eigenvalue weighted by Gasteiger charge is 2.11. The summed E-state index contributed by atoms with van der Waals surface area (Å²) in [5.74, 6) is 11.0. The number of sulfone groups is 1. The third-order valence-electron chi connectivity index (χ3n) is 3.68. The Balaban J connectivity index is 1.67. The Bertz CT molecular complexity index is 1140. The molecular formula is C23H15FO2S. The third kappa shape index (κ3) is 5.31. The molecule has 0 radical (unpaired) electrons. The maximum absolute atomic E-state index is 12.9. The molecule has 0 aliphatic rings. The number of benzene rings is 3. The van der Waals surface area contributed by atoms with Crippen molar-refractivity contribution in [2.75, 3.05) is 5.75 Å². The van der Waals surface area contributed by atoms with Crippen LogP contribution in [0.25, 0.3) is 0 Å². The van der Waals surface area contributed by atoms with Gasteiger partial charge < -0.3 is 0 Å². The van der Waals surface area contributed by atoms with Gasteiger partial charge in [-0.3, -0.25) is 0 Å². The van der Waals surface area contributed by atoms with Crippen LogP contribution in [0.15, 0.2) is 83.8 Å². The minimum atomic E-state index is -3.40. The summed E-state index contributed by atoms with van der Waals surface area (Å²) in [6.45, 7) is 0. The molecule has 0 amide bonds. The average molecular weight is 374 g/mol. The zero-order valence-corrected chi connectivity index (χ0v) is 15.1. The summed E-state index contributed by atoms with van der Waals surface area (Å²) in [6, 6.07) is 21.4. The molecule has 27 heavy (non-hydrogen) atoms. The Hall–Kier alpha value is -3.34. The zero-order chi connectivity index (χ0) is 19.1. The molecule has 0 aromatic heterocycles. The van der Waals surface area contributed by atoms with E-state index in [1.54, 1.807) is 54.6 Å². The first-order chi connectivity index (χ1) is 13.0. The largest absolute Gasteiger partial charge is 0.223 e. The Morgan fingerprint density at radius 1 is 0.667 bits per heavy atom. The molecule has 0 saturated heterocycles. The lowest BCUT2D eigenvalue weighted by molar-refractivity contribution is 0.599. The van der Waals surface area contributed by atoms with Crippen molar-refractivity contribution in [3.8, 4) is 23.7 Å². The van der Waals surface area contributed by atoms with Gasteiger partial charge in [0.2, 0.25) is 0 Å². The van der Waals surface area contributed by atoms with Crippen LogP contribution < -0.4 is 0 Å². The van der Waals surface area contributed by atoms with Crippen molar-refractivity contribution in [2.45, 2.75) is 4.90 Å². The summed E-state index contributed by atoms with van der Waals surface area (Å²) >= 11 is 0. The molecule has 3 aromatic rings. The van der Waals surface area contributed by atoms with Gasteiger partial charge in [-0.2, -0.15) is 0 Å². The van der Waals surface area contributed by atoms with Crippen molar-refractivity contribution in [3.05, 3.63) is 101 Å². The maximum Gasteiger partial charge on any atom is 0.189 e. The first-order valence-corrected chi connectivity index (χ1v) is 9.82. The van der Waals surface area contributed by atoms with Crippen LogP contribution in [0.4, 0.5) is 4.39 Å². The molecule has 0 bridgehead atoms. The highest BCUT2D eigenvalue weighted by molar-refractivity contribution is 7.91. The molecule has 0 unspecified atom stereocenters. The van der Waals surface area contributed by atoms with Gasteiger partial charge in [0.15, 0.2) is 9.84 Å². The summed E-state index contributed by atoms with van der Waals surface area (Å²) < 4.78 is 37.2. The number of halogens is 1. The van der Waals surface area contributed by atoms with Crippen molar-refractivity contribution in [1.82, 2.24) is 0 Å². The van der Waals surface area contributed by atoms with E-state index in [0.717, 1.165) is 11.1 Å². The van der Waals surface area contributed by atoms with Gasteiger partial charge in [0.25, 0.3) is 0 Å². The highest BCUT2D eigenvalue weighted by atomic mass is 32.2. The smallest absolute Gasteiger partial charge is 0.189 e. The van der Waals surface area contributed by atoms with E-state index in [0.29, 0.717) is 5.56 Å². The van der Waals surface area contributed by atoms with E-state index in [-0.39, 0.29) is 16.5 Å². The van der Waals surface area contributed by atoms with Gasteiger partial charge in [-0.05, 0) is 60.7 Å². The summed E-state index contributed by atoms with van der Waals surface area (Å²) in [7, 11) is -3.40. The van der Waals surface area contributed by atoms with Gasteiger partial charge in [0.05, 0.1) is 4.90 Å². The van der Waals surface area contributed by atoms with E-state index < -0.39 is 9.84 Å². The minimum absolute atomic E-state index is 0.233. The van der Waals surface area contributed by atoms with Gasteiger partial charge >= 0.3 is 0 Å². The number of rotatable bonds is 2. The zero-order valence-electron chi connectivity index (χ0n) is 14.3. The molecule has 3 rings (SSSR count). The van der Waals surface area contributed by atoms with Crippen molar-refractivity contribution in [1.29, 1.82) is 0 Å². The third-order valence-corrected chi connectivity index (χ3v) is 5.19. The molecule has 0 saturated carbocycles. The molecule has 0 N–H and O–H groups in total. The van der Waals surface area contributed by atoms with E-state index in [1.165, 1.54) is 12.1 Å². The standard InChI is InChI=1S/C23H15FO2S/c24-22-16-14-21(15-17-22)13-12-20-10-8-19(9-11-20)5-4-18-27(25,26)23-6-2-1-3-7-23/h1-3,6-11,14-17H,18H2. The molecule has 0 aliphatic carbocycles. The highest BCUT2D eigenvalue weighted by Crippen LogP contribution is 2.09. The molecule has 0 atom stereocenters. The van der Waals surface area contributed by atoms with Gasteiger partial charge in [-0.15, -0.1) is 0 Å². The fraction of sp³-hybridized carbons (Fsp3) is 0.0435. The first kappa shape index (κ1) is 18.5. The van der Waals surface area contributed by atoms with Gasteiger partial charge in [-0.25, -0.2) is 12.8 Å². The minimum Gasteiger partial charge on any atom is -0.223 e. The molecule has 0 heterocycles. The van der Waals surface area contributed by atoms with E-state index in [1.807, 2.05) is 12.1 Å². The molecule has 132 valence electrons. The van der Waals surface area contributed by atoms with Crippen molar-refractivity contribution in [2.24, 2.45) is 0 Å². The van der Waals surface area contributed by atoms with Crippen molar-refractivity contribution >= 4 is 9.84 Å². The van der Waals surface area contributed by atoms with E-state index in [2.05, 4.69) is 23.7 Å². The fourth-order valence-corrected chi connectivity index (χ4v) is 3.26. The second-order valence-electron chi connectivity index (χ2n) is 5.71. The average Bonchev–Trinajstić information content (AvgIpc) is 2.69. The molecule has 0 aliphatic heterocycles. The first-order valence-electron chi connectivity index (χ1n) is 8.17. The molecule has 4 heteroatoms. The van der Waals surface area contributed by atoms with Gasteiger partial charge in [-0.1, -0.05) is 41.9 Å². The molecule has 0 spiro atoms.